The van der Waals surface area contributed by atoms with Crippen molar-refractivity contribution in [2.24, 2.45) is 0 Å². The first kappa shape index (κ1) is 24.6. The van der Waals surface area contributed by atoms with Crippen molar-refractivity contribution in [1.29, 1.82) is 0 Å². The highest BCUT2D eigenvalue weighted by Gasteiger charge is 2.21. The molecular weight excluding hydrogens is 472 g/mol. The number of hydrogen-bond acceptors (Lipinski definition) is 7. The van der Waals surface area contributed by atoms with Crippen LogP contribution in [0.5, 0.6) is 11.5 Å². The molecule has 0 saturated heterocycles. The minimum Gasteiger partial charge on any atom is -0.490 e. The van der Waals surface area contributed by atoms with Gasteiger partial charge in [-0.3, -0.25) is 4.79 Å². The zero-order chi connectivity index (χ0) is 24.7. The van der Waals surface area contributed by atoms with Gasteiger partial charge in [-0.25, -0.2) is 13.6 Å². The summed E-state index contributed by atoms with van der Waals surface area (Å²) < 4.78 is 68.0. The number of anilines is 1. The average molecular weight is 491 g/mol. The van der Waals surface area contributed by atoms with E-state index < -0.39 is 45.9 Å². The van der Waals surface area contributed by atoms with Crippen LogP contribution in [-0.2, 0) is 19.6 Å². The molecule has 0 unspecified atom stereocenters. The highest BCUT2D eigenvalue weighted by molar-refractivity contribution is 7.87. The van der Waals surface area contributed by atoms with Crippen LogP contribution in [0.4, 0.5) is 14.5 Å². The molecule has 0 aliphatic carbocycles. The molecule has 0 aromatic heterocycles. The molecule has 8 nitrogen and oxygen atoms in total. The summed E-state index contributed by atoms with van der Waals surface area (Å²) in [6, 6.07) is 14.0. The zero-order valence-electron chi connectivity index (χ0n) is 17.8. The van der Waals surface area contributed by atoms with E-state index in [0.717, 1.165) is 24.3 Å². The molecule has 0 spiro atoms. The van der Waals surface area contributed by atoms with E-state index in [1.165, 1.54) is 24.3 Å². The second kappa shape index (κ2) is 10.8. The van der Waals surface area contributed by atoms with Crippen molar-refractivity contribution >= 4 is 27.7 Å². The molecule has 178 valence electrons. The van der Waals surface area contributed by atoms with Crippen molar-refractivity contribution in [3.05, 3.63) is 83.9 Å². The van der Waals surface area contributed by atoms with Crippen LogP contribution in [0.25, 0.3) is 0 Å². The number of para-hydroxylation sites is 3. The van der Waals surface area contributed by atoms with Gasteiger partial charge in [0.2, 0.25) is 0 Å². The molecule has 11 heteroatoms. The maximum atomic E-state index is 13.6. The summed E-state index contributed by atoms with van der Waals surface area (Å²) in [7, 11) is -4.34. The van der Waals surface area contributed by atoms with E-state index in [4.69, 9.17) is 13.7 Å². The number of rotatable bonds is 9. The van der Waals surface area contributed by atoms with Crippen molar-refractivity contribution in [3.63, 3.8) is 0 Å². The van der Waals surface area contributed by atoms with Crippen molar-refractivity contribution in [2.75, 3.05) is 18.5 Å². The second-order valence-corrected chi connectivity index (χ2v) is 8.21. The van der Waals surface area contributed by atoms with Crippen LogP contribution in [0.15, 0.2) is 71.6 Å². The van der Waals surface area contributed by atoms with Crippen LogP contribution in [-0.4, -0.2) is 33.5 Å². The molecule has 0 saturated carbocycles. The van der Waals surface area contributed by atoms with Crippen LogP contribution in [0, 0.1) is 11.6 Å². The fourth-order valence-corrected chi connectivity index (χ4v) is 3.73. The molecular formula is C23H19F2NO7S. The van der Waals surface area contributed by atoms with Gasteiger partial charge in [0, 0.05) is 0 Å². The molecule has 3 aromatic rings. The van der Waals surface area contributed by atoms with E-state index in [9.17, 15) is 26.8 Å². The van der Waals surface area contributed by atoms with E-state index >= 15 is 0 Å². The Bertz CT molecular complexity index is 1290. The molecule has 0 aliphatic heterocycles. The number of ether oxygens (including phenoxy) is 2. The van der Waals surface area contributed by atoms with Crippen LogP contribution in [0.2, 0.25) is 0 Å². The third-order valence-electron chi connectivity index (χ3n) is 4.27. The zero-order valence-corrected chi connectivity index (χ0v) is 18.6. The van der Waals surface area contributed by atoms with Gasteiger partial charge in [-0.05, 0) is 49.4 Å². The summed E-state index contributed by atoms with van der Waals surface area (Å²) in [5.41, 5.74) is -0.867. The predicted molar refractivity (Wildman–Crippen MR) is 117 cm³/mol. The van der Waals surface area contributed by atoms with E-state index in [0.29, 0.717) is 6.61 Å². The maximum absolute atomic E-state index is 13.6. The Morgan fingerprint density at radius 3 is 2.24 bits per heavy atom. The van der Waals surface area contributed by atoms with Crippen molar-refractivity contribution in [1.82, 2.24) is 0 Å². The molecule has 34 heavy (non-hydrogen) atoms. The second-order valence-electron chi connectivity index (χ2n) is 6.67. The van der Waals surface area contributed by atoms with Gasteiger partial charge >= 0.3 is 16.1 Å². The largest absolute Gasteiger partial charge is 0.490 e. The smallest absolute Gasteiger partial charge is 0.339 e. The van der Waals surface area contributed by atoms with Crippen molar-refractivity contribution in [3.8, 4) is 11.5 Å². The van der Waals surface area contributed by atoms with E-state index in [-0.39, 0.29) is 22.0 Å². The van der Waals surface area contributed by atoms with Gasteiger partial charge < -0.3 is 19.0 Å². The molecule has 3 rings (SSSR count). The number of halogens is 2. The Morgan fingerprint density at radius 2 is 1.56 bits per heavy atom. The molecule has 0 heterocycles. The van der Waals surface area contributed by atoms with Gasteiger partial charge in [0.1, 0.15) is 22.2 Å². The maximum Gasteiger partial charge on any atom is 0.339 e. The first-order valence-electron chi connectivity index (χ1n) is 9.88. The number of nitrogens with one attached hydrogen (secondary N) is 1. The van der Waals surface area contributed by atoms with Gasteiger partial charge in [-0.2, -0.15) is 8.42 Å². The molecule has 1 N–H and O–H groups in total. The van der Waals surface area contributed by atoms with Gasteiger partial charge in [0.25, 0.3) is 5.91 Å². The summed E-state index contributed by atoms with van der Waals surface area (Å²) >= 11 is 0. The summed E-state index contributed by atoms with van der Waals surface area (Å²) in [6.07, 6.45) is 0. The minimum absolute atomic E-state index is 0.0330. The van der Waals surface area contributed by atoms with Crippen LogP contribution < -0.4 is 14.2 Å². The Hall–Kier alpha value is -3.99. The van der Waals surface area contributed by atoms with Gasteiger partial charge in [0.15, 0.2) is 18.1 Å². The molecule has 0 aliphatic rings. The number of amides is 1. The summed E-state index contributed by atoms with van der Waals surface area (Å²) in [4.78, 5) is 23.9. The fraction of sp³-hybridized carbons (Fsp3) is 0.130. The SMILES string of the molecule is CCOc1ccccc1OS(=O)(=O)c1cccc(C(=O)OCC(=O)Nc2c(F)cccc2F)c1. The van der Waals surface area contributed by atoms with E-state index in [2.05, 4.69) is 0 Å². The van der Waals surface area contributed by atoms with Crippen LogP contribution in [0.1, 0.15) is 17.3 Å². The lowest BCUT2D eigenvalue weighted by Gasteiger charge is -2.12. The first-order chi connectivity index (χ1) is 16.2. The Labute approximate surface area is 194 Å². The van der Waals surface area contributed by atoms with Gasteiger partial charge in [-0.15, -0.1) is 0 Å². The van der Waals surface area contributed by atoms with E-state index in [1.54, 1.807) is 25.1 Å². The average Bonchev–Trinajstić information content (AvgIpc) is 2.81. The Kier molecular flexibility index (Phi) is 7.79. The number of benzene rings is 3. The third-order valence-corrected chi connectivity index (χ3v) is 5.50. The molecule has 3 aromatic carbocycles. The number of hydrogen-bond donors (Lipinski definition) is 1. The minimum atomic E-state index is -4.34. The standard InChI is InChI=1S/C23H19F2NO7S/c1-2-31-19-11-3-4-12-20(19)33-34(29,30)16-8-5-7-15(13-16)23(28)32-14-21(27)26-22-17(24)9-6-10-18(22)25/h3-13H,2,14H2,1H3,(H,26,27). The number of carbonyl (C=O) groups is 2. The van der Waals surface area contributed by atoms with Crippen molar-refractivity contribution in [2.45, 2.75) is 11.8 Å². The molecule has 0 radical (unpaired) electrons. The van der Waals surface area contributed by atoms with E-state index in [1.807, 2.05) is 5.32 Å². The monoisotopic (exact) mass is 491 g/mol. The van der Waals surface area contributed by atoms with Crippen LogP contribution in [0.3, 0.4) is 0 Å². The lowest BCUT2D eigenvalue weighted by molar-refractivity contribution is -0.119. The van der Waals surface area contributed by atoms with Crippen LogP contribution >= 0.6 is 0 Å². The topological polar surface area (TPSA) is 108 Å². The predicted octanol–water partition coefficient (Wildman–Crippen LogP) is 3.93. The summed E-state index contributed by atoms with van der Waals surface area (Å²) in [5, 5.41) is 1.97. The van der Waals surface area contributed by atoms with Gasteiger partial charge in [-0.1, -0.05) is 24.3 Å². The highest BCUT2D eigenvalue weighted by atomic mass is 32.2. The highest BCUT2D eigenvalue weighted by Crippen LogP contribution is 2.29. The van der Waals surface area contributed by atoms with Gasteiger partial charge in [0.05, 0.1) is 12.2 Å². The first-order valence-corrected chi connectivity index (χ1v) is 11.3. The lowest BCUT2D eigenvalue weighted by Crippen LogP contribution is -2.22. The molecule has 0 bridgehead atoms. The summed E-state index contributed by atoms with van der Waals surface area (Å²) in [5.74, 6) is -3.82. The molecule has 1 amide bonds. The Morgan fingerprint density at radius 1 is 0.912 bits per heavy atom. The Balaban J connectivity index is 1.68. The third kappa shape index (κ3) is 6.07. The normalized spacial score (nSPS) is 10.9. The molecule has 0 atom stereocenters. The molecule has 0 fully saturated rings. The number of carbonyl (C=O) groups excluding carboxylic acids is 2. The fourth-order valence-electron chi connectivity index (χ4n) is 2.75. The lowest BCUT2D eigenvalue weighted by atomic mass is 10.2. The number of esters is 1. The van der Waals surface area contributed by atoms with Crippen molar-refractivity contribution < 1.29 is 40.4 Å². The quantitative estimate of drug-likeness (QED) is 0.357. The summed E-state index contributed by atoms with van der Waals surface area (Å²) in [6.45, 7) is 1.16.